The molecule has 4 aromatic rings. The fourth-order valence-corrected chi connectivity index (χ4v) is 5.38. The van der Waals surface area contributed by atoms with Crippen molar-refractivity contribution in [3.05, 3.63) is 75.2 Å². The van der Waals surface area contributed by atoms with Crippen molar-refractivity contribution < 1.29 is 4.42 Å². The quantitative estimate of drug-likeness (QED) is 0.398. The van der Waals surface area contributed by atoms with Crippen molar-refractivity contribution in [1.82, 2.24) is 30.1 Å². The molecule has 1 aliphatic carbocycles. The van der Waals surface area contributed by atoms with Gasteiger partial charge in [0.05, 0.1) is 30.4 Å². The predicted molar refractivity (Wildman–Crippen MR) is 130 cm³/mol. The van der Waals surface area contributed by atoms with E-state index in [1.165, 1.54) is 18.4 Å². The van der Waals surface area contributed by atoms with Gasteiger partial charge in [-0.25, -0.2) is 4.68 Å². The van der Waals surface area contributed by atoms with Gasteiger partial charge in [-0.1, -0.05) is 31.4 Å². The molecule has 1 fully saturated rings. The summed E-state index contributed by atoms with van der Waals surface area (Å²) in [4.78, 5) is 18.5. The molecule has 0 unspecified atom stereocenters. The van der Waals surface area contributed by atoms with Gasteiger partial charge >= 0.3 is 0 Å². The molecule has 0 radical (unpaired) electrons. The Morgan fingerprint density at radius 1 is 1.21 bits per heavy atom. The van der Waals surface area contributed by atoms with E-state index in [4.69, 9.17) is 4.42 Å². The second-order valence-corrected chi connectivity index (χ2v) is 9.50. The number of pyridine rings is 1. The zero-order valence-corrected chi connectivity index (χ0v) is 20.1. The van der Waals surface area contributed by atoms with Gasteiger partial charge in [0.1, 0.15) is 5.76 Å². The number of hydrogen-bond acceptors (Lipinski definition) is 6. The van der Waals surface area contributed by atoms with Gasteiger partial charge in [-0.2, -0.15) is 0 Å². The fourth-order valence-electron chi connectivity index (χ4n) is 5.38. The number of aromatic amines is 1. The topological polar surface area (TPSA) is 92.8 Å². The molecule has 1 saturated carbocycles. The van der Waals surface area contributed by atoms with E-state index >= 15 is 0 Å². The largest absolute Gasteiger partial charge is 0.468 e. The minimum atomic E-state index is -0.0610. The SMILES string of the molecule is CC[C@@H](c1nnnn1C1CCCC1)N(Cc1ccco1)Cc1cc2cc(C)cc(C)c2[nH]c1=O. The summed E-state index contributed by atoms with van der Waals surface area (Å²) < 4.78 is 7.71. The average molecular weight is 461 g/mol. The zero-order valence-electron chi connectivity index (χ0n) is 20.1. The Kier molecular flexibility index (Phi) is 6.32. The van der Waals surface area contributed by atoms with Gasteiger partial charge in [0.2, 0.25) is 0 Å². The lowest BCUT2D eigenvalue weighted by Crippen LogP contribution is -2.32. The third-order valence-corrected chi connectivity index (χ3v) is 7.00. The highest BCUT2D eigenvalue weighted by atomic mass is 16.3. The van der Waals surface area contributed by atoms with Crippen molar-refractivity contribution in [2.24, 2.45) is 0 Å². The van der Waals surface area contributed by atoms with Crippen LogP contribution in [0.25, 0.3) is 10.9 Å². The summed E-state index contributed by atoms with van der Waals surface area (Å²) in [6, 6.07) is 10.4. The molecule has 3 aromatic heterocycles. The Bertz CT molecular complexity index is 1320. The Morgan fingerprint density at radius 3 is 2.76 bits per heavy atom. The van der Waals surface area contributed by atoms with Crippen molar-refractivity contribution in [3.8, 4) is 0 Å². The van der Waals surface area contributed by atoms with Crippen LogP contribution in [0.1, 0.15) is 79.4 Å². The summed E-state index contributed by atoms with van der Waals surface area (Å²) in [6.45, 7) is 7.29. The highest BCUT2D eigenvalue weighted by Gasteiger charge is 2.30. The number of aromatic nitrogens is 5. The maximum Gasteiger partial charge on any atom is 0.252 e. The van der Waals surface area contributed by atoms with Crippen LogP contribution in [0.3, 0.4) is 0 Å². The molecule has 0 aliphatic heterocycles. The maximum absolute atomic E-state index is 13.1. The van der Waals surface area contributed by atoms with Crippen LogP contribution in [0.15, 0.2) is 45.8 Å². The molecule has 5 rings (SSSR count). The zero-order chi connectivity index (χ0) is 23.7. The smallest absolute Gasteiger partial charge is 0.252 e. The van der Waals surface area contributed by atoms with Crippen LogP contribution in [-0.2, 0) is 13.1 Å². The predicted octanol–water partition coefficient (Wildman–Crippen LogP) is 4.99. The summed E-state index contributed by atoms with van der Waals surface area (Å²) in [5.41, 5.74) is 3.82. The summed E-state index contributed by atoms with van der Waals surface area (Å²) >= 11 is 0. The number of rotatable bonds is 8. The van der Waals surface area contributed by atoms with Crippen LogP contribution < -0.4 is 5.56 Å². The molecule has 0 amide bonds. The van der Waals surface area contributed by atoms with Gasteiger partial charge in [0.15, 0.2) is 5.82 Å². The number of hydrogen-bond donors (Lipinski definition) is 1. The van der Waals surface area contributed by atoms with Crippen LogP contribution in [0.4, 0.5) is 0 Å². The average Bonchev–Trinajstić information content (AvgIpc) is 3.58. The van der Waals surface area contributed by atoms with Gasteiger partial charge in [-0.3, -0.25) is 9.69 Å². The van der Waals surface area contributed by atoms with E-state index in [0.717, 1.165) is 52.9 Å². The van der Waals surface area contributed by atoms with Crippen LogP contribution >= 0.6 is 0 Å². The lowest BCUT2D eigenvalue weighted by Gasteiger charge is -2.30. The first-order valence-electron chi connectivity index (χ1n) is 12.2. The lowest BCUT2D eigenvalue weighted by molar-refractivity contribution is 0.146. The van der Waals surface area contributed by atoms with E-state index in [1.807, 2.05) is 29.8 Å². The number of tetrazole rings is 1. The van der Waals surface area contributed by atoms with Gasteiger partial charge in [0.25, 0.3) is 5.56 Å². The molecule has 8 heteroatoms. The molecule has 1 aromatic carbocycles. The first kappa shape index (κ1) is 22.5. The number of benzene rings is 1. The van der Waals surface area contributed by atoms with Gasteiger partial charge in [-0.15, -0.1) is 5.10 Å². The second-order valence-electron chi connectivity index (χ2n) is 9.50. The Balaban J connectivity index is 1.53. The highest BCUT2D eigenvalue weighted by molar-refractivity contribution is 5.82. The van der Waals surface area contributed by atoms with E-state index in [-0.39, 0.29) is 11.6 Å². The first-order chi connectivity index (χ1) is 16.5. The number of aryl methyl sites for hydroxylation is 2. The molecule has 8 nitrogen and oxygen atoms in total. The number of H-pyrrole nitrogens is 1. The van der Waals surface area contributed by atoms with E-state index in [2.05, 4.69) is 51.4 Å². The van der Waals surface area contributed by atoms with Gasteiger partial charge in [-0.05, 0) is 78.8 Å². The van der Waals surface area contributed by atoms with E-state index in [0.29, 0.717) is 19.1 Å². The second kappa shape index (κ2) is 9.54. The third kappa shape index (κ3) is 4.42. The summed E-state index contributed by atoms with van der Waals surface area (Å²) in [6.07, 6.45) is 7.14. The van der Waals surface area contributed by atoms with Crippen LogP contribution in [-0.4, -0.2) is 30.1 Å². The first-order valence-corrected chi connectivity index (χ1v) is 12.2. The molecular weight excluding hydrogens is 428 g/mol. The molecule has 1 atom stereocenters. The molecule has 34 heavy (non-hydrogen) atoms. The van der Waals surface area contributed by atoms with Crippen LogP contribution in [0, 0.1) is 13.8 Å². The Morgan fingerprint density at radius 2 is 2.03 bits per heavy atom. The molecule has 0 bridgehead atoms. The normalized spacial score (nSPS) is 15.5. The number of nitrogens with one attached hydrogen (secondary N) is 1. The number of nitrogens with zero attached hydrogens (tertiary/aromatic N) is 5. The molecule has 1 aliphatic rings. The van der Waals surface area contributed by atoms with E-state index < -0.39 is 0 Å². The Labute approximate surface area is 199 Å². The molecule has 178 valence electrons. The summed E-state index contributed by atoms with van der Waals surface area (Å²) in [5.74, 6) is 1.71. The third-order valence-electron chi connectivity index (χ3n) is 7.00. The summed E-state index contributed by atoms with van der Waals surface area (Å²) in [5, 5.41) is 13.9. The maximum atomic E-state index is 13.1. The molecular formula is C26H32N6O2. The number of fused-ring (bicyclic) bond motifs is 1. The van der Waals surface area contributed by atoms with Gasteiger partial charge < -0.3 is 9.40 Å². The van der Waals surface area contributed by atoms with Crippen molar-refractivity contribution in [2.75, 3.05) is 0 Å². The van der Waals surface area contributed by atoms with Crippen molar-refractivity contribution in [1.29, 1.82) is 0 Å². The van der Waals surface area contributed by atoms with Crippen molar-refractivity contribution in [3.63, 3.8) is 0 Å². The standard InChI is InChI=1S/C26H32N6O2/c1-4-23(25-28-29-30-32(25)21-8-5-6-9-21)31(16-22-10-7-11-34-22)15-20-14-19-13-17(2)12-18(3)24(19)27-26(20)33/h7,10-14,21,23H,4-6,8-9,15-16H2,1-3H3,(H,27,33)/t23-/m0/s1. The monoisotopic (exact) mass is 460 g/mol. The number of furan rings is 1. The lowest BCUT2D eigenvalue weighted by atomic mass is 10.0. The minimum Gasteiger partial charge on any atom is -0.468 e. The van der Waals surface area contributed by atoms with Crippen molar-refractivity contribution in [2.45, 2.75) is 78.0 Å². The van der Waals surface area contributed by atoms with E-state index in [9.17, 15) is 4.79 Å². The minimum absolute atomic E-state index is 0.0463. The van der Waals surface area contributed by atoms with E-state index in [1.54, 1.807) is 6.26 Å². The van der Waals surface area contributed by atoms with Crippen molar-refractivity contribution >= 4 is 10.9 Å². The van der Waals surface area contributed by atoms with Crippen LogP contribution in [0.2, 0.25) is 0 Å². The van der Waals surface area contributed by atoms with Gasteiger partial charge in [0, 0.05) is 12.1 Å². The molecule has 1 N–H and O–H groups in total. The molecule has 0 saturated heterocycles. The fraction of sp³-hybridized carbons (Fsp3) is 0.462. The molecule has 0 spiro atoms. The molecule has 3 heterocycles. The Hall–Kier alpha value is -3.26. The highest BCUT2D eigenvalue weighted by Crippen LogP contribution is 2.33. The summed E-state index contributed by atoms with van der Waals surface area (Å²) in [7, 11) is 0. The van der Waals surface area contributed by atoms with Crippen LogP contribution in [0.5, 0.6) is 0 Å².